The van der Waals surface area contributed by atoms with E-state index in [0.29, 0.717) is 23.7 Å². The maximum Gasteiger partial charge on any atom is 0.0714 e. The lowest BCUT2D eigenvalue weighted by Crippen LogP contribution is -2.31. The van der Waals surface area contributed by atoms with E-state index in [4.69, 9.17) is 0 Å². The van der Waals surface area contributed by atoms with E-state index in [-0.39, 0.29) is 16.2 Å². The van der Waals surface area contributed by atoms with Crippen LogP contribution in [0.4, 0.5) is 0 Å². The summed E-state index contributed by atoms with van der Waals surface area (Å²) < 4.78 is 0. The van der Waals surface area contributed by atoms with Crippen molar-refractivity contribution in [2.24, 2.45) is 0 Å². The molecule has 0 heteroatoms. The van der Waals surface area contributed by atoms with E-state index in [9.17, 15) is 0 Å². The summed E-state index contributed by atoms with van der Waals surface area (Å²) in [5.74, 6) is 2.68. The third-order valence-corrected chi connectivity index (χ3v) is 18.8. The number of hydrogen-bond donors (Lipinski definition) is 0. The summed E-state index contributed by atoms with van der Waals surface area (Å²) >= 11 is 0. The molecule has 4 saturated carbocycles. The Kier molecular flexibility index (Phi) is 12.8. The van der Waals surface area contributed by atoms with Gasteiger partial charge in [-0.05, 0) is 178 Å². The average molecular weight is 815 g/mol. The molecular formula is C61H82. The van der Waals surface area contributed by atoms with E-state index in [0.717, 1.165) is 25.7 Å². The molecule has 9 rings (SSSR count). The van der Waals surface area contributed by atoms with Crippen LogP contribution in [0, 0.1) is 0 Å². The lowest BCUT2D eigenvalue weighted by atomic mass is 9.63. The summed E-state index contributed by atoms with van der Waals surface area (Å²) in [6.07, 6.45) is 32.1. The third-order valence-electron chi connectivity index (χ3n) is 18.8. The minimum Gasteiger partial charge on any atom is -0.0645 e. The van der Waals surface area contributed by atoms with Crippen LogP contribution in [0.5, 0.6) is 0 Å². The van der Waals surface area contributed by atoms with Gasteiger partial charge in [-0.3, -0.25) is 0 Å². The van der Waals surface area contributed by atoms with Crippen molar-refractivity contribution in [3.63, 3.8) is 0 Å². The van der Waals surface area contributed by atoms with Crippen LogP contribution < -0.4 is 0 Å². The lowest BCUT2D eigenvalue weighted by molar-refractivity contribution is 0.433. The molecule has 0 N–H and O–H groups in total. The second-order valence-corrected chi connectivity index (χ2v) is 21.9. The van der Waals surface area contributed by atoms with Crippen molar-refractivity contribution < 1.29 is 0 Å². The SMILES string of the molecule is CCC(C)(CC)c1ccc2c(c1)C(c1cc(C3CCCCC3)cc(C3CCCCC3)c1)(c1cc(C3CCCCC3)cc(C3CCCCC3)c1)c1cc(C(C)(CC)CC)ccc1-2. The summed E-state index contributed by atoms with van der Waals surface area (Å²) in [5.41, 5.74) is 18.9. The Hall–Kier alpha value is -3.12. The van der Waals surface area contributed by atoms with Gasteiger partial charge in [-0.2, -0.15) is 0 Å². The maximum absolute atomic E-state index is 2.83. The van der Waals surface area contributed by atoms with Gasteiger partial charge in [-0.1, -0.05) is 191 Å². The summed E-state index contributed by atoms with van der Waals surface area (Å²) in [4.78, 5) is 0. The molecule has 0 saturated heterocycles. The molecule has 61 heavy (non-hydrogen) atoms. The number of fused-ring (bicyclic) bond motifs is 3. The number of benzene rings is 4. The maximum atomic E-state index is 2.83. The van der Waals surface area contributed by atoms with Crippen molar-refractivity contribution in [2.45, 2.75) is 236 Å². The van der Waals surface area contributed by atoms with Crippen molar-refractivity contribution in [1.29, 1.82) is 0 Å². The van der Waals surface area contributed by atoms with Crippen LogP contribution in [0.2, 0.25) is 0 Å². The summed E-state index contributed by atoms with van der Waals surface area (Å²) in [7, 11) is 0. The zero-order valence-electron chi connectivity index (χ0n) is 39.7. The van der Waals surface area contributed by atoms with Crippen molar-refractivity contribution >= 4 is 0 Å². The molecule has 0 unspecified atom stereocenters. The quantitative estimate of drug-likeness (QED) is 0.118. The van der Waals surface area contributed by atoms with Crippen molar-refractivity contribution in [2.75, 3.05) is 0 Å². The Morgan fingerprint density at radius 3 is 0.918 bits per heavy atom. The predicted molar refractivity (Wildman–Crippen MR) is 263 cm³/mol. The largest absolute Gasteiger partial charge is 0.0714 e. The number of rotatable bonds is 12. The molecule has 326 valence electrons. The summed E-state index contributed by atoms with van der Waals surface area (Å²) in [6.45, 7) is 14.8. The van der Waals surface area contributed by atoms with Crippen molar-refractivity contribution in [1.82, 2.24) is 0 Å². The van der Waals surface area contributed by atoms with Gasteiger partial charge < -0.3 is 0 Å². The van der Waals surface area contributed by atoms with Gasteiger partial charge in [0.05, 0.1) is 5.41 Å². The molecule has 5 aliphatic rings. The fourth-order valence-electron chi connectivity index (χ4n) is 13.7. The van der Waals surface area contributed by atoms with E-state index < -0.39 is 0 Å². The Morgan fingerprint density at radius 2 is 0.656 bits per heavy atom. The molecule has 0 aromatic heterocycles. The van der Waals surface area contributed by atoms with Crippen LogP contribution in [0.25, 0.3) is 11.1 Å². The molecule has 5 aliphatic carbocycles. The smallest absolute Gasteiger partial charge is 0.0645 e. The zero-order chi connectivity index (χ0) is 42.2. The monoisotopic (exact) mass is 815 g/mol. The second kappa shape index (κ2) is 18.2. The molecule has 0 heterocycles. The van der Waals surface area contributed by atoms with Gasteiger partial charge in [-0.25, -0.2) is 0 Å². The molecule has 0 bridgehead atoms. The first-order valence-electron chi connectivity index (χ1n) is 26.4. The molecule has 0 atom stereocenters. The van der Waals surface area contributed by atoms with Crippen LogP contribution in [0.15, 0.2) is 72.8 Å². The van der Waals surface area contributed by atoms with Gasteiger partial charge in [0.15, 0.2) is 0 Å². The zero-order valence-corrected chi connectivity index (χ0v) is 39.7. The first-order valence-corrected chi connectivity index (χ1v) is 26.4. The second-order valence-electron chi connectivity index (χ2n) is 21.9. The van der Waals surface area contributed by atoms with Crippen LogP contribution in [-0.4, -0.2) is 0 Å². The highest BCUT2D eigenvalue weighted by Gasteiger charge is 2.49. The minimum atomic E-state index is -0.385. The standard InChI is InChI=1S/C61H82/c1-7-59(5,8-2)51-31-33-55-56-34-32-52(60(6,9-3)10-4)42-58(56)61(57(55)41-51,53-37-47(43-23-15-11-16-24-43)35-48(38-53)44-25-17-12-18-26-44)54-39-49(45-27-19-13-20-28-45)36-50(40-54)46-29-21-14-22-30-46/h31-46H,7-30H2,1-6H3. The molecule has 4 aromatic carbocycles. The molecule has 4 fully saturated rings. The van der Waals surface area contributed by atoms with Gasteiger partial charge in [0, 0.05) is 0 Å². The Morgan fingerprint density at radius 1 is 0.377 bits per heavy atom. The highest BCUT2D eigenvalue weighted by molar-refractivity contribution is 5.87. The van der Waals surface area contributed by atoms with Gasteiger partial charge in [0.1, 0.15) is 0 Å². The predicted octanol–water partition coefficient (Wildman–Crippen LogP) is 18.4. The first-order chi connectivity index (χ1) is 29.7. The fraction of sp³-hybridized carbons (Fsp3) is 0.607. The van der Waals surface area contributed by atoms with Gasteiger partial charge >= 0.3 is 0 Å². The third kappa shape index (κ3) is 7.94. The van der Waals surface area contributed by atoms with E-state index in [1.807, 2.05) is 0 Å². The van der Waals surface area contributed by atoms with E-state index in [2.05, 4.69) is 114 Å². The topological polar surface area (TPSA) is 0 Å². The number of hydrogen-bond acceptors (Lipinski definition) is 0. The van der Waals surface area contributed by atoms with Crippen molar-refractivity contribution in [3.8, 4) is 11.1 Å². The first kappa shape index (κ1) is 43.1. The molecule has 0 spiro atoms. The Balaban J connectivity index is 1.42. The van der Waals surface area contributed by atoms with Gasteiger partial charge in [0.25, 0.3) is 0 Å². The van der Waals surface area contributed by atoms with Crippen LogP contribution in [-0.2, 0) is 16.2 Å². The Bertz CT molecular complexity index is 1890. The normalized spacial score (nSPS) is 20.8. The average Bonchev–Trinajstić information content (AvgIpc) is 3.64. The molecule has 0 amide bonds. The van der Waals surface area contributed by atoms with Crippen LogP contribution in [0.3, 0.4) is 0 Å². The van der Waals surface area contributed by atoms with E-state index in [1.165, 1.54) is 151 Å². The molecule has 4 aromatic rings. The minimum absolute atomic E-state index is 0.137. The highest BCUT2D eigenvalue weighted by Crippen LogP contribution is 2.60. The van der Waals surface area contributed by atoms with Gasteiger partial charge in [-0.15, -0.1) is 0 Å². The van der Waals surface area contributed by atoms with Gasteiger partial charge in [0.2, 0.25) is 0 Å². The van der Waals surface area contributed by atoms with Crippen molar-refractivity contribution in [3.05, 3.63) is 128 Å². The fourth-order valence-corrected chi connectivity index (χ4v) is 13.7. The van der Waals surface area contributed by atoms with E-state index in [1.54, 1.807) is 44.5 Å². The highest BCUT2D eigenvalue weighted by atomic mass is 14.5. The van der Waals surface area contributed by atoms with E-state index >= 15 is 0 Å². The van der Waals surface area contributed by atoms with Crippen LogP contribution >= 0.6 is 0 Å². The molecular weight excluding hydrogens is 733 g/mol. The Labute approximate surface area is 373 Å². The molecule has 0 radical (unpaired) electrons. The molecule has 0 nitrogen and oxygen atoms in total. The lowest BCUT2D eigenvalue weighted by Gasteiger charge is -2.39. The summed E-state index contributed by atoms with van der Waals surface area (Å²) in [5, 5.41) is 0. The van der Waals surface area contributed by atoms with Crippen LogP contribution in [0.1, 0.15) is 275 Å². The summed E-state index contributed by atoms with van der Waals surface area (Å²) in [6, 6.07) is 32.6. The molecule has 0 aliphatic heterocycles.